The zero-order chi connectivity index (χ0) is 13.8. The Bertz CT molecular complexity index is 765. The molecule has 1 N–H and O–H groups in total. The summed E-state index contributed by atoms with van der Waals surface area (Å²) in [4.78, 5) is 8.82. The average Bonchev–Trinajstić information content (AvgIpc) is 2.47. The topological polar surface area (TPSA) is 50.2 Å². The van der Waals surface area contributed by atoms with Gasteiger partial charge in [-0.15, -0.1) is 0 Å². The maximum Gasteiger partial charge on any atom is 0.146 e. The number of hydrogen-bond donors (Lipinski definition) is 1. The summed E-state index contributed by atoms with van der Waals surface area (Å²) in [5.74, 6) is 0.715. The lowest BCUT2D eigenvalue weighted by atomic mass is 10.2. The molecule has 0 aliphatic carbocycles. The number of fused-ring (bicyclic) bond motifs is 1. The Balaban J connectivity index is 1.76. The largest absolute Gasteiger partial charge is 0.261 e. The minimum absolute atomic E-state index is 0.715. The minimum atomic E-state index is 0.715. The van der Waals surface area contributed by atoms with Crippen molar-refractivity contribution in [3.8, 4) is 0 Å². The van der Waals surface area contributed by atoms with E-state index in [1.807, 2.05) is 61.5 Å². The van der Waals surface area contributed by atoms with Crippen LogP contribution in [0.4, 0.5) is 5.82 Å². The van der Waals surface area contributed by atoms with Crippen molar-refractivity contribution in [3.63, 3.8) is 0 Å². The molecule has 0 spiro atoms. The zero-order valence-electron chi connectivity index (χ0n) is 11.1. The van der Waals surface area contributed by atoms with Crippen molar-refractivity contribution in [2.45, 2.75) is 6.92 Å². The van der Waals surface area contributed by atoms with Gasteiger partial charge in [0.05, 0.1) is 17.4 Å². The van der Waals surface area contributed by atoms with Crippen molar-refractivity contribution in [1.82, 2.24) is 9.97 Å². The highest BCUT2D eigenvalue weighted by molar-refractivity contribution is 5.80. The fraction of sp³-hybridized carbons (Fsp3) is 0.0625. The standard InChI is InChI=1S/C16H14N4/c1-12-5-4-7-14(18-12)11-17-20-16-10-9-13-6-2-3-8-15(13)19-16/h2-11H,1H3,(H,19,20)/b17-11-. The second-order valence-electron chi connectivity index (χ2n) is 4.46. The number of benzene rings is 1. The van der Waals surface area contributed by atoms with E-state index in [0.717, 1.165) is 22.3 Å². The molecule has 0 bridgehead atoms. The molecule has 1 aromatic carbocycles. The monoisotopic (exact) mass is 262 g/mol. The quantitative estimate of drug-likeness (QED) is 0.581. The van der Waals surface area contributed by atoms with Crippen LogP contribution in [0.15, 0.2) is 59.7 Å². The van der Waals surface area contributed by atoms with Crippen molar-refractivity contribution in [1.29, 1.82) is 0 Å². The molecule has 2 heterocycles. The van der Waals surface area contributed by atoms with E-state index < -0.39 is 0 Å². The predicted molar refractivity (Wildman–Crippen MR) is 81.9 cm³/mol. The van der Waals surface area contributed by atoms with Gasteiger partial charge in [0, 0.05) is 11.1 Å². The molecule has 3 aromatic rings. The van der Waals surface area contributed by atoms with Crippen LogP contribution < -0.4 is 5.43 Å². The number of nitrogens with zero attached hydrogens (tertiary/aromatic N) is 3. The smallest absolute Gasteiger partial charge is 0.146 e. The molecule has 4 heteroatoms. The molecule has 0 fully saturated rings. The first kappa shape index (κ1) is 12.3. The predicted octanol–water partition coefficient (Wildman–Crippen LogP) is 3.38. The molecule has 0 amide bonds. The molecule has 0 saturated heterocycles. The van der Waals surface area contributed by atoms with Gasteiger partial charge in [-0.25, -0.2) is 4.98 Å². The van der Waals surface area contributed by atoms with Gasteiger partial charge < -0.3 is 0 Å². The van der Waals surface area contributed by atoms with Gasteiger partial charge >= 0.3 is 0 Å². The Labute approximate surface area is 117 Å². The van der Waals surface area contributed by atoms with Crippen LogP contribution in [0.3, 0.4) is 0 Å². The van der Waals surface area contributed by atoms with E-state index in [2.05, 4.69) is 20.5 Å². The van der Waals surface area contributed by atoms with Gasteiger partial charge in [-0.2, -0.15) is 5.10 Å². The number of pyridine rings is 2. The summed E-state index contributed by atoms with van der Waals surface area (Å²) in [5, 5.41) is 5.27. The molecular weight excluding hydrogens is 248 g/mol. The van der Waals surface area contributed by atoms with E-state index >= 15 is 0 Å². The third kappa shape index (κ3) is 2.80. The molecule has 98 valence electrons. The van der Waals surface area contributed by atoms with Crippen LogP contribution in [0.5, 0.6) is 0 Å². The maximum atomic E-state index is 4.48. The van der Waals surface area contributed by atoms with Crippen LogP contribution in [-0.4, -0.2) is 16.2 Å². The van der Waals surface area contributed by atoms with Crippen LogP contribution in [-0.2, 0) is 0 Å². The second-order valence-corrected chi connectivity index (χ2v) is 4.46. The molecule has 4 nitrogen and oxygen atoms in total. The van der Waals surface area contributed by atoms with Crippen LogP contribution in [0.2, 0.25) is 0 Å². The lowest BCUT2D eigenvalue weighted by Crippen LogP contribution is -1.95. The summed E-state index contributed by atoms with van der Waals surface area (Å²) in [5.41, 5.74) is 5.66. The van der Waals surface area contributed by atoms with Gasteiger partial charge in [-0.3, -0.25) is 10.4 Å². The Morgan fingerprint density at radius 2 is 1.85 bits per heavy atom. The highest BCUT2D eigenvalue weighted by Gasteiger charge is 1.96. The fourth-order valence-corrected chi connectivity index (χ4v) is 1.93. The summed E-state index contributed by atoms with van der Waals surface area (Å²) in [6, 6.07) is 17.7. The lowest BCUT2D eigenvalue weighted by Gasteiger charge is -2.01. The zero-order valence-corrected chi connectivity index (χ0v) is 11.1. The maximum absolute atomic E-state index is 4.48. The van der Waals surface area contributed by atoms with Gasteiger partial charge in [-0.1, -0.05) is 24.3 Å². The molecule has 0 radical (unpaired) electrons. The van der Waals surface area contributed by atoms with Gasteiger partial charge in [0.25, 0.3) is 0 Å². The van der Waals surface area contributed by atoms with E-state index in [0.29, 0.717) is 5.82 Å². The molecule has 0 atom stereocenters. The Hall–Kier alpha value is -2.75. The van der Waals surface area contributed by atoms with Crippen LogP contribution in [0.1, 0.15) is 11.4 Å². The van der Waals surface area contributed by atoms with Gasteiger partial charge in [0.15, 0.2) is 0 Å². The third-order valence-electron chi connectivity index (χ3n) is 2.88. The highest BCUT2D eigenvalue weighted by atomic mass is 15.3. The number of hydrogen-bond acceptors (Lipinski definition) is 4. The Morgan fingerprint density at radius 3 is 2.75 bits per heavy atom. The fourth-order valence-electron chi connectivity index (χ4n) is 1.93. The van der Waals surface area contributed by atoms with Crippen LogP contribution in [0.25, 0.3) is 10.9 Å². The second kappa shape index (κ2) is 5.48. The minimum Gasteiger partial charge on any atom is -0.261 e. The lowest BCUT2D eigenvalue weighted by molar-refractivity contribution is 1.18. The van der Waals surface area contributed by atoms with E-state index in [1.54, 1.807) is 6.21 Å². The van der Waals surface area contributed by atoms with Gasteiger partial charge in [0.1, 0.15) is 5.82 Å². The van der Waals surface area contributed by atoms with Gasteiger partial charge in [-0.05, 0) is 37.3 Å². The summed E-state index contributed by atoms with van der Waals surface area (Å²) in [6.45, 7) is 1.95. The Kier molecular flexibility index (Phi) is 3.37. The molecule has 0 unspecified atom stereocenters. The van der Waals surface area contributed by atoms with E-state index in [9.17, 15) is 0 Å². The SMILES string of the molecule is Cc1cccc(/C=N\Nc2ccc3ccccc3n2)n1. The normalized spacial score (nSPS) is 11.1. The summed E-state index contributed by atoms with van der Waals surface area (Å²) in [6.07, 6.45) is 1.68. The number of aryl methyl sites for hydroxylation is 1. The molecule has 20 heavy (non-hydrogen) atoms. The van der Waals surface area contributed by atoms with Crippen molar-refractivity contribution in [3.05, 3.63) is 66.0 Å². The number of para-hydroxylation sites is 1. The molecular formula is C16H14N4. The summed E-state index contributed by atoms with van der Waals surface area (Å²) < 4.78 is 0. The molecule has 0 aliphatic heterocycles. The highest BCUT2D eigenvalue weighted by Crippen LogP contribution is 2.14. The van der Waals surface area contributed by atoms with E-state index in [4.69, 9.17) is 0 Å². The van der Waals surface area contributed by atoms with Crippen molar-refractivity contribution in [2.75, 3.05) is 5.43 Å². The third-order valence-corrected chi connectivity index (χ3v) is 2.88. The number of rotatable bonds is 3. The molecule has 0 aliphatic rings. The van der Waals surface area contributed by atoms with Crippen LogP contribution >= 0.6 is 0 Å². The van der Waals surface area contributed by atoms with E-state index in [-0.39, 0.29) is 0 Å². The first-order valence-corrected chi connectivity index (χ1v) is 6.40. The summed E-state index contributed by atoms with van der Waals surface area (Å²) >= 11 is 0. The van der Waals surface area contributed by atoms with E-state index in [1.165, 1.54) is 0 Å². The van der Waals surface area contributed by atoms with Crippen molar-refractivity contribution in [2.24, 2.45) is 5.10 Å². The van der Waals surface area contributed by atoms with Crippen molar-refractivity contribution < 1.29 is 0 Å². The number of anilines is 1. The summed E-state index contributed by atoms with van der Waals surface area (Å²) in [7, 11) is 0. The molecule has 0 saturated carbocycles. The first-order chi connectivity index (χ1) is 9.81. The Morgan fingerprint density at radius 1 is 0.950 bits per heavy atom. The number of hydrazone groups is 1. The number of aromatic nitrogens is 2. The van der Waals surface area contributed by atoms with Crippen molar-refractivity contribution >= 4 is 22.9 Å². The average molecular weight is 262 g/mol. The van der Waals surface area contributed by atoms with Gasteiger partial charge in [0.2, 0.25) is 0 Å². The first-order valence-electron chi connectivity index (χ1n) is 6.40. The molecule has 3 rings (SSSR count). The van der Waals surface area contributed by atoms with Crippen LogP contribution in [0, 0.1) is 6.92 Å². The molecule has 2 aromatic heterocycles. The number of nitrogens with one attached hydrogen (secondary N) is 1.